The summed E-state index contributed by atoms with van der Waals surface area (Å²) in [5.74, 6) is 0.195. The van der Waals surface area contributed by atoms with E-state index in [1.54, 1.807) is 0 Å². The number of hydrogen-bond donors (Lipinski definition) is 1. The topological polar surface area (TPSA) is 32.3 Å². The minimum absolute atomic E-state index is 0.195. The van der Waals surface area contributed by atoms with E-state index in [4.69, 9.17) is 0 Å². The van der Waals surface area contributed by atoms with Crippen molar-refractivity contribution >= 4 is 27.5 Å². The molecule has 2 rings (SSSR count). The Morgan fingerprint density at radius 1 is 1.38 bits per heavy atom. The molecule has 86 valence electrons. The fraction of sp³-hybridized carbons (Fsp3) is 0.417. The van der Waals surface area contributed by atoms with Gasteiger partial charge >= 0.3 is 0 Å². The van der Waals surface area contributed by atoms with Crippen LogP contribution >= 0.6 is 15.9 Å². The smallest absolute Gasteiger partial charge is 0.228 e. The Balaban J connectivity index is 2.27. The van der Waals surface area contributed by atoms with Crippen molar-refractivity contribution < 1.29 is 4.79 Å². The molecule has 0 unspecified atom stereocenters. The number of carbonyl (C=O) groups excluding carboxylic acids is 1. The van der Waals surface area contributed by atoms with E-state index >= 15 is 0 Å². The van der Waals surface area contributed by atoms with Crippen LogP contribution in [0.1, 0.15) is 12.0 Å². The van der Waals surface area contributed by atoms with Gasteiger partial charge in [0.2, 0.25) is 5.91 Å². The van der Waals surface area contributed by atoms with Gasteiger partial charge in [0.1, 0.15) is 0 Å². The minimum atomic E-state index is 0.195. The molecule has 0 aliphatic carbocycles. The number of rotatable bonds is 1. The Morgan fingerprint density at radius 2 is 2.19 bits per heavy atom. The molecule has 0 spiro atoms. The average molecular weight is 283 g/mol. The lowest BCUT2D eigenvalue weighted by Gasteiger charge is -2.20. The van der Waals surface area contributed by atoms with Crippen LogP contribution in [0, 0.1) is 6.92 Å². The van der Waals surface area contributed by atoms with Crippen LogP contribution < -0.4 is 10.2 Å². The molecular weight excluding hydrogens is 268 g/mol. The van der Waals surface area contributed by atoms with Gasteiger partial charge in [-0.05, 0) is 24.6 Å². The summed E-state index contributed by atoms with van der Waals surface area (Å²) in [6.07, 6.45) is 0.575. The highest BCUT2D eigenvalue weighted by Gasteiger charge is 2.18. The second-order valence-corrected chi connectivity index (χ2v) is 4.83. The average Bonchev–Trinajstić information content (AvgIpc) is 2.47. The van der Waals surface area contributed by atoms with E-state index in [9.17, 15) is 4.79 Å². The normalized spacial score (nSPS) is 17.4. The Morgan fingerprint density at radius 3 is 2.94 bits per heavy atom. The second kappa shape index (κ2) is 4.97. The molecule has 1 aromatic carbocycles. The summed E-state index contributed by atoms with van der Waals surface area (Å²) in [5.41, 5.74) is 2.16. The molecule has 0 atom stereocenters. The minimum Gasteiger partial charge on any atom is -0.314 e. The van der Waals surface area contributed by atoms with Gasteiger partial charge in [-0.15, -0.1) is 0 Å². The zero-order valence-corrected chi connectivity index (χ0v) is 10.9. The molecule has 1 amide bonds. The first-order valence-electron chi connectivity index (χ1n) is 5.46. The van der Waals surface area contributed by atoms with Crippen molar-refractivity contribution in [1.29, 1.82) is 0 Å². The highest BCUT2D eigenvalue weighted by molar-refractivity contribution is 9.10. The van der Waals surface area contributed by atoms with E-state index in [2.05, 4.69) is 21.2 Å². The van der Waals surface area contributed by atoms with Gasteiger partial charge in [0.25, 0.3) is 0 Å². The first kappa shape index (κ1) is 11.6. The first-order valence-corrected chi connectivity index (χ1v) is 6.25. The van der Waals surface area contributed by atoms with Crippen LogP contribution in [0.3, 0.4) is 0 Å². The summed E-state index contributed by atoms with van der Waals surface area (Å²) in [6, 6.07) is 6.05. The van der Waals surface area contributed by atoms with E-state index < -0.39 is 0 Å². The fourth-order valence-electron chi connectivity index (χ4n) is 1.79. The lowest BCUT2D eigenvalue weighted by molar-refractivity contribution is -0.118. The number of nitrogens with one attached hydrogen (secondary N) is 1. The van der Waals surface area contributed by atoms with E-state index in [0.717, 1.165) is 29.8 Å². The predicted octanol–water partition coefficient (Wildman–Crippen LogP) is 2.08. The Labute approximate surface area is 104 Å². The van der Waals surface area contributed by atoms with Gasteiger partial charge in [0.15, 0.2) is 0 Å². The van der Waals surface area contributed by atoms with Crippen molar-refractivity contribution in [2.45, 2.75) is 13.3 Å². The highest BCUT2D eigenvalue weighted by Crippen LogP contribution is 2.24. The predicted molar refractivity (Wildman–Crippen MR) is 68.7 cm³/mol. The van der Waals surface area contributed by atoms with Gasteiger partial charge < -0.3 is 10.2 Å². The lowest BCUT2D eigenvalue weighted by atomic mass is 10.2. The van der Waals surface area contributed by atoms with E-state index in [0.29, 0.717) is 6.42 Å². The Hall–Kier alpha value is -0.870. The lowest BCUT2D eigenvalue weighted by Crippen LogP contribution is -2.32. The number of nitrogens with zero attached hydrogens (tertiary/aromatic N) is 1. The largest absolute Gasteiger partial charge is 0.314 e. The number of aryl methyl sites for hydroxylation is 1. The van der Waals surface area contributed by atoms with Crippen LogP contribution in [0.5, 0.6) is 0 Å². The van der Waals surface area contributed by atoms with Crippen LogP contribution in [-0.2, 0) is 4.79 Å². The van der Waals surface area contributed by atoms with Crippen molar-refractivity contribution in [2.24, 2.45) is 0 Å². The summed E-state index contributed by atoms with van der Waals surface area (Å²) < 4.78 is 1.05. The molecule has 0 radical (unpaired) electrons. The summed E-state index contributed by atoms with van der Waals surface area (Å²) in [5, 5.41) is 3.23. The Bertz CT molecular complexity index is 406. The molecular formula is C12H15BrN2O. The quantitative estimate of drug-likeness (QED) is 0.856. The molecule has 1 N–H and O–H groups in total. The third-order valence-electron chi connectivity index (χ3n) is 2.80. The van der Waals surface area contributed by atoms with Gasteiger partial charge in [0, 0.05) is 36.2 Å². The van der Waals surface area contributed by atoms with Crippen molar-refractivity contribution in [3.63, 3.8) is 0 Å². The molecule has 1 heterocycles. The number of halogens is 1. The Kier molecular flexibility index (Phi) is 3.61. The van der Waals surface area contributed by atoms with Crippen LogP contribution in [-0.4, -0.2) is 25.5 Å². The van der Waals surface area contributed by atoms with Crippen LogP contribution in [0.2, 0.25) is 0 Å². The molecule has 1 aliphatic heterocycles. The van der Waals surface area contributed by atoms with E-state index in [1.807, 2.05) is 30.0 Å². The van der Waals surface area contributed by atoms with Crippen LogP contribution in [0.25, 0.3) is 0 Å². The molecule has 0 saturated carbocycles. The second-order valence-electron chi connectivity index (χ2n) is 3.98. The third-order valence-corrected chi connectivity index (χ3v) is 3.65. The molecule has 3 nitrogen and oxygen atoms in total. The molecule has 0 bridgehead atoms. The fourth-order valence-corrected chi connectivity index (χ4v) is 2.16. The maximum absolute atomic E-state index is 11.9. The van der Waals surface area contributed by atoms with Gasteiger partial charge in [-0.1, -0.05) is 22.0 Å². The number of carbonyl (C=O) groups is 1. The van der Waals surface area contributed by atoms with Crippen molar-refractivity contribution in [3.8, 4) is 0 Å². The third kappa shape index (κ3) is 2.44. The maximum Gasteiger partial charge on any atom is 0.228 e. The summed E-state index contributed by atoms with van der Waals surface area (Å²) >= 11 is 3.50. The molecule has 1 saturated heterocycles. The van der Waals surface area contributed by atoms with Gasteiger partial charge in [-0.2, -0.15) is 0 Å². The van der Waals surface area contributed by atoms with Gasteiger partial charge in [0.05, 0.1) is 0 Å². The molecule has 1 aliphatic rings. The summed E-state index contributed by atoms with van der Waals surface area (Å²) in [6.45, 7) is 4.42. The van der Waals surface area contributed by atoms with Crippen molar-refractivity contribution in [1.82, 2.24) is 5.32 Å². The number of amides is 1. The number of benzene rings is 1. The summed E-state index contributed by atoms with van der Waals surface area (Å²) in [7, 11) is 0. The SMILES string of the molecule is Cc1ccc(N2CCNCCC2=O)cc1Br. The zero-order chi connectivity index (χ0) is 11.5. The monoisotopic (exact) mass is 282 g/mol. The molecule has 16 heavy (non-hydrogen) atoms. The first-order chi connectivity index (χ1) is 7.68. The molecule has 4 heteroatoms. The maximum atomic E-state index is 11.9. The van der Waals surface area contributed by atoms with Crippen LogP contribution in [0.4, 0.5) is 5.69 Å². The number of anilines is 1. The van der Waals surface area contributed by atoms with Crippen molar-refractivity contribution in [3.05, 3.63) is 28.2 Å². The highest BCUT2D eigenvalue weighted by atomic mass is 79.9. The van der Waals surface area contributed by atoms with Gasteiger partial charge in [-0.25, -0.2) is 0 Å². The van der Waals surface area contributed by atoms with E-state index in [-0.39, 0.29) is 5.91 Å². The zero-order valence-electron chi connectivity index (χ0n) is 9.29. The molecule has 0 aromatic heterocycles. The molecule has 1 aromatic rings. The summed E-state index contributed by atoms with van der Waals surface area (Å²) in [4.78, 5) is 13.7. The van der Waals surface area contributed by atoms with E-state index in [1.165, 1.54) is 5.56 Å². The van der Waals surface area contributed by atoms with Gasteiger partial charge in [-0.3, -0.25) is 4.79 Å². The molecule has 1 fully saturated rings. The number of hydrogen-bond acceptors (Lipinski definition) is 2. The van der Waals surface area contributed by atoms with Crippen LogP contribution in [0.15, 0.2) is 22.7 Å². The standard InChI is InChI=1S/C12H15BrN2O/c1-9-2-3-10(8-11(9)13)15-7-6-14-5-4-12(15)16/h2-3,8,14H,4-7H2,1H3. The van der Waals surface area contributed by atoms with Crippen molar-refractivity contribution in [2.75, 3.05) is 24.5 Å².